The lowest BCUT2D eigenvalue weighted by molar-refractivity contribution is -0.146. The lowest BCUT2D eigenvalue weighted by Gasteiger charge is -2.09. The fourth-order valence-electron chi connectivity index (χ4n) is 1.47. The third-order valence-corrected chi connectivity index (χ3v) is 2.53. The summed E-state index contributed by atoms with van der Waals surface area (Å²) in [5, 5.41) is 0. The van der Waals surface area contributed by atoms with Crippen LogP contribution in [0.25, 0.3) is 0 Å². The summed E-state index contributed by atoms with van der Waals surface area (Å²) in [4.78, 5) is 11.3. The van der Waals surface area contributed by atoms with Gasteiger partial charge in [-0.05, 0) is 18.1 Å². The molecule has 1 atom stereocenters. The van der Waals surface area contributed by atoms with Crippen LogP contribution in [0, 0.1) is 0 Å². The molecule has 0 radical (unpaired) electrons. The van der Waals surface area contributed by atoms with Crippen LogP contribution in [0.3, 0.4) is 0 Å². The SMILES string of the molecule is CCc1ccccc1OCC(=O)OC[C@@H]1CO1. The molecule has 2 rings (SSSR count). The van der Waals surface area contributed by atoms with Crippen LogP contribution in [0.15, 0.2) is 24.3 Å². The van der Waals surface area contributed by atoms with Crippen LogP contribution in [0.4, 0.5) is 0 Å². The van der Waals surface area contributed by atoms with Gasteiger partial charge in [0.1, 0.15) is 18.5 Å². The fraction of sp³-hybridized carbons (Fsp3) is 0.462. The van der Waals surface area contributed by atoms with E-state index >= 15 is 0 Å². The zero-order chi connectivity index (χ0) is 12.1. The molecule has 1 aliphatic rings. The lowest BCUT2D eigenvalue weighted by atomic mass is 10.1. The summed E-state index contributed by atoms with van der Waals surface area (Å²) in [6.45, 7) is 3.01. The molecule has 0 bridgehead atoms. The third kappa shape index (κ3) is 3.75. The van der Waals surface area contributed by atoms with Crippen molar-refractivity contribution >= 4 is 5.97 Å². The molecule has 1 aromatic rings. The molecule has 0 aromatic heterocycles. The fourth-order valence-corrected chi connectivity index (χ4v) is 1.47. The molecule has 1 fully saturated rings. The van der Waals surface area contributed by atoms with Crippen molar-refractivity contribution in [2.24, 2.45) is 0 Å². The number of esters is 1. The molecule has 1 aliphatic heterocycles. The number of epoxide rings is 1. The van der Waals surface area contributed by atoms with E-state index in [0.717, 1.165) is 17.7 Å². The highest BCUT2D eigenvalue weighted by molar-refractivity contribution is 5.71. The van der Waals surface area contributed by atoms with Gasteiger partial charge in [-0.2, -0.15) is 0 Å². The number of hydrogen-bond donors (Lipinski definition) is 0. The summed E-state index contributed by atoms with van der Waals surface area (Å²) < 4.78 is 15.3. The van der Waals surface area contributed by atoms with Crippen LogP contribution in [0.1, 0.15) is 12.5 Å². The van der Waals surface area contributed by atoms with Crippen LogP contribution in [-0.2, 0) is 20.7 Å². The molecule has 0 unspecified atom stereocenters. The second kappa shape index (κ2) is 5.68. The Morgan fingerprint density at radius 1 is 1.47 bits per heavy atom. The van der Waals surface area contributed by atoms with Crippen LogP contribution in [-0.4, -0.2) is 31.9 Å². The average Bonchev–Trinajstić information content (AvgIpc) is 3.18. The van der Waals surface area contributed by atoms with Crippen molar-refractivity contribution in [1.29, 1.82) is 0 Å². The Morgan fingerprint density at radius 2 is 2.24 bits per heavy atom. The minimum Gasteiger partial charge on any atom is -0.482 e. The van der Waals surface area contributed by atoms with Gasteiger partial charge in [0, 0.05) is 0 Å². The molecule has 0 saturated carbocycles. The van der Waals surface area contributed by atoms with Crippen molar-refractivity contribution in [2.75, 3.05) is 19.8 Å². The van der Waals surface area contributed by atoms with Crippen LogP contribution in [0.2, 0.25) is 0 Å². The second-order valence-corrected chi connectivity index (χ2v) is 3.89. The van der Waals surface area contributed by atoms with Crippen LogP contribution < -0.4 is 4.74 Å². The molecule has 4 nitrogen and oxygen atoms in total. The first-order valence-electron chi connectivity index (χ1n) is 5.77. The number of rotatable bonds is 6. The van der Waals surface area contributed by atoms with E-state index in [1.165, 1.54) is 0 Å². The molecule has 0 amide bonds. The zero-order valence-corrected chi connectivity index (χ0v) is 9.85. The minimum absolute atomic E-state index is 0.0519. The summed E-state index contributed by atoms with van der Waals surface area (Å²) in [6.07, 6.45) is 0.975. The van der Waals surface area contributed by atoms with E-state index in [1.54, 1.807) is 0 Å². The maximum atomic E-state index is 11.3. The number of carbonyl (C=O) groups is 1. The molecule has 1 saturated heterocycles. The number of ether oxygens (including phenoxy) is 3. The molecule has 92 valence electrons. The van der Waals surface area contributed by atoms with Crippen LogP contribution in [0.5, 0.6) is 5.75 Å². The van der Waals surface area contributed by atoms with Crippen molar-refractivity contribution in [3.05, 3.63) is 29.8 Å². The van der Waals surface area contributed by atoms with Crippen molar-refractivity contribution in [1.82, 2.24) is 0 Å². The third-order valence-electron chi connectivity index (χ3n) is 2.53. The van der Waals surface area contributed by atoms with Gasteiger partial charge in [0.15, 0.2) is 6.61 Å². The van der Waals surface area contributed by atoms with Gasteiger partial charge in [0.25, 0.3) is 0 Å². The first kappa shape index (κ1) is 11.9. The van der Waals surface area contributed by atoms with Gasteiger partial charge in [-0.25, -0.2) is 4.79 Å². The van der Waals surface area contributed by atoms with Crippen molar-refractivity contribution in [3.63, 3.8) is 0 Å². The molecule has 4 heteroatoms. The summed E-state index contributed by atoms with van der Waals surface area (Å²) in [5.74, 6) is 0.390. The predicted molar refractivity (Wildman–Crippen MR) is 62.0 cm³/mol. The smallest absolute Gasteiger partial charge is 0.344 e. The topological polar surface area (TPSA) is 48.1 Å². The number of para-hydroxylation sites is 1. The van der Waals surface area contributed by atoms with E-state index in [9.17, 15) is 4.79 Å². The van der Waals surface area contributed by atoms with E-state index in [0.29, 0.717) is 13.2 Å². The summed E-state index contributed by atoms with van der Waals surface area (Å²) in [5.41, 5.74) is 1.09. The van der Waals surface area contributed by atoms with E-state index in [1.807, 2.05) is 31.2 Å². The van der Waals surface area contributed by atoms with Gasteiger partial charge in [-0.15, -0.1) is 0 Å². The maximum absolute atomic E-state index is 11.3. The van der Waals surface area contributed by atoms with Gasteiger partial charge in [-0.3, -0.25) is 0 Å². The molecule has 17 heavy (non-hydrogen) atoms. The first-order valence-corrected chi connectivity index (χ1v) is 5.77. The largest absolute Gasteiger partial charge is 0.482 e. The Bertz CT molecular complexity index is 385. The van der Waals surface area contributed by atoms with Crippen molar-refractivity contribution in [2.45, 2.75) is 19.4 Å². The number of benzene rings is 1. The first-order chi connectivity index (χ1) is 8.29. The van der Waals surface area contributed by atoms with E-state index in [4.69, 9.17) is 14.2 Å². The summed E-state index contributed by atoms with van der Waals surface area (Å²) >= 11 is 0. The Morgan fingerprint density at radius 3 is 2.94 bits per heavy atom. The quantitative estimate of drug-likeness (QED) is 0.555. The van der Waals surface area contributed by atoms with E-state index < -0.39 is 0 Å². The van der Waals surface area contributed by atoms with E-state index in [-0.39, 0.29) is 18.7 Å². The molecule has 0 N–H and O–H groups in total. The second-order valence-electron chi connectivity index (χ2n) is 3.89. The van der Waals surface area contributed by atoms with E-state index in [2.05, 4.69) is 0 Å². The average molecular weight is 236 g/mol. The Kier molecular flexibility index (Phi) is 3.98. The van der Waals surface area contributed by atoms with Gasteiger partial charge in [-0.1, -0.05) is 25.1 Å². The number of aryl methyl sites for hydroxylation is 1. The Hall–Kier alpha value is -1.55. The molecule has 0 spiro atoms. The number of hydrogen-bond acceptors (Lipinski definition) is 4. The minimum atomic E-state index is -0.355. The van der Waals surface area contributed by atoms with Gasteiger partial charge in [0.2, 0.25) is 0 Å². The van der Waals surface area contributed by atoms with Crippen LogP contribution >= 0.6 is 0 Å². The normalized spacial score (nSPS) is 17.6. The predicted octanol–water partition coefficient (Wildman–Crippen LogP) is 1.57. The standard InChI is InChI=1S/C13H16O4/c1-2-10-5-3-4-6-12(10)16-9-13(14)17-8-11-7-15-11/h3-6,11H,2,7-9H2,1H3/t11-/m0/s1. The Labute approximate surface area is 100 Å². The molecule has 1 heterocycles. The molecular formula is C13H16O4. The highest BCUT2D eigenvalue weighted by atomic mass is 16.6. The van der Waals surface area contributed by atoms with Gasteiger partial charge in [0.05, 0.1) is 6.61 Å². The highest BCUT2D eigenvalue weighted by Gasteiger charge is 2.24. The summed E-state index contributed by atoms with van der Waals surface area (Å²) in [7, 11) is 0. The lowest BCUT2D eigenvalue weighted by Crippen LogP contribution is -2.17. The van der Waals surface area contributed by atoms with Crippen molar-refractivity contribution < 1.29 is 19.0 Å². The monoisotopic (exact) mass is 236 g/mol. The highest BCUT2D eigenvalue weighted by Crippen LogP contribution is 2.18. The summed E-state index contributed by atoms with van der Waals surface area (Å²) in [6, 6.07) is 7.68. The molecular weight excluding hydrogens is 220 g/mol. The molecule has 0 aliphatic carbocycles. The van der Waals surface area contributed by atoms with Gasteiger partial charge < -0.3 is 14.2 Å². The zero-order valence-electron chi connectivity index (χ0n) is 9.85. The molecule has 1 aromatic carbocycles. The maximum Gasteiger partial charge on any atom is 0.344 e. The van der Waals surface area contributed by atoms with Crippen molar-refractivity contribution in [3.8, 4) is 5.75 Å². The Balaban J connectivity index is 1.77. The number of carbonyl (C=O) groups excluding carboxylic acids is 1. The van der Waals surface area contributed by atoms with Gasteiger partial charge >= 0.3 is 5.97 Å².